The third-order valence-corrected chi connectivity index (χ3v) is 2.97. The summed E-state index contributed by atoms with van der Waals surface area (Å²) >= 11 is 0. The molecule has 3 N–H and O–H groups in total. The zero-order valence-electron chi connectivity index (χ0n) is 9.82. The smallest absolute Gasteiger partial charge is 0.182 e. The van der Waals surface area contributed by atoms with Gasteiger partial charge in [0.25, 0.3) is 0 Å². The summed E-state index contributed by atoms with van der Waals surface area (Å²) in [7, 11) is 0. The number of aliphatic hydroxyl groups excluding tert-OH is 3. The molecule has 0 aromatic carbocycles. The minimum absolute atomic E-state index is 0.340. The van der Waals surface area contributed by atoms with Crippen LogP contribution in [0.3, 0.4) is 0 Å². The lowest BCUT2D eigenvalue weighted by Crippen LogP contribution is -2.32. The molecular formula is C10H17N3O4. The van der Waals surface area contributed by atoms with Crippen molar-refractivity contribution < 1.29 is 20.1 Å². The van der Waals surface area contributed by atoms with Gasteiger partial charge in [-0.2, -0.15) is 5.10 Å². The van der Waals surface area contributed by atoms with Crippen LogP contribution < -0.4 is 0 Å². The van der Waals surface area contributed by atoms with Gasteiger partial charge >= 0.3 is 0 Å². The first-order valence-electron chi connectivity index (χ1n) is 5.62. The van der Waals surface area contributed by atoms with Gasteiger partial charge in [0, 0.05) is 6.54 Å². The molecule has 2 rings (SSSR count). The number of aryl methyl sites for hydroxylation is 2. The maximum Gasteiger partial charge on any atom is 0.182 e. The first-order chi connectivity index (χ1) is 8.08. The Kier molecular flexibility index (Phi) is 3.43. The van der Waals surface area contributed by atoms with Gasteiger partial charge in [0.15, 0.2) is 5.82 Å². The Hall–Kier alpha value is -1.02. The Morgan fingerprint density at radius 3 is 2.53 bits per heavy atom. The van der Waals surface area contributed by atoms with Gasteiger partial charge in [-0.3, -0.25) is 4.68 Å². The highest BCUT2D eigenvalue weighted by atomic mass is 16.6. The summed E-state index contributed by atoms with van der Waals surface area (Å²) in [4.78, 5) is 4.19. The van der Waals surface area contributed by atoms with Gasteiger partial charge in [-0.05, 0) is 13.8 Å². The quantitative estimate of drug-likeness (QED) is 0.614. The van der Waals surface area contributed by atoms with Gasteiger partial charge in [-0.25, -0.2) is 4.98 Å². The molecule has 0 amide bonds. The maximum absolute atomic E-state index is 9.81. The summed E-state index contributed by atoms with van der Waals surface area (Å²) in [6.07, 6.45) is -3.80. The van der Waals surface area contributed by atoms with E-state index in [1.807, 2.05) is 6.92 Å². The molecule has 0 unspecified atom stereocenters. The zero-order chi connectivity index (χ0) is 12.6. The molecule has 1 fully saturated rings. The van der Waals surface area contributed by atoms with Gasteiger partial charge in [0.05, 0.1) is 6.61 Å². The topological polar surface area (TPSA) is 101 Å². The SMILES string of the molecule is CCn1nc([C@@H]2O[C@H](CO)[C@@H](O)[C@H]2O)nc1C. The highest BCUT2D eigenvalue weighted by molar-refractivity contribution is 5.03. The van der Waals surface area contributed by atoms with Crippen LogP contribution in [0.1, 0.15) is 24.7 Å². The van der Waals surface area contributed by atoms with Crippen molar-refractivity contribution in [1.29, 1.82) is 0 Å². The standard InChI is InChI=1S/C10H17N3O4/c1-3-13-5(2)11-10(12-13)9-8(16)7(15)6(4-14)17-9/h6-9,14-16H,3-4H2,1-2H3/t6-,7-,8-,9-/m1/s1. The summed E-state index contributed by atoms with van der Waals surface area (Å²) in [5.74, 6) is 1.06. The van der Waals surface area contributed by atoms with Crippen LogP contribution in [-0.2, 0) is 11.3 Å². The Morgan fingerprint density at radius 2 is 2.06 bits per heavy atom. The fraction of sp³-hybridized carbons (Fsp3) is 0.800. The molecule has 17 heavy (non-hydrogen) atoms. The van der Waals surface area contributed by atoms with E-state index in [0.29, 0.717) is 12.4 Å². The van der Waals surface area contributed by atoms with Crippen LogP contribution in [0.4, 0.5) is 0 Å². The van der Waals surface area contributed by atoms with Crippen molar-refractivity contribution in [2.45, 2.75) is 44.8 Å². The molecule has 4 atom stereocenters. The van der Waals surface area contributed by atoms with Gasteiger partial charge in [0.2, 0.25) is 0 Å². The van der Waals surface area contributed by atoms with Gasteiger partial charge in [-0.15, -0.1) is 0 Å². The van der Waals surface area contributed by atoms with Crippen molar-refractivity contribution >= 4 is 0 Å². The molecule has 0 saturated carbocycles. The van der Waals surface area contributed by atoms with Crippen LogP contribution >= 0.6 is 0 Å². The van der Waals surface area contributed by atoms with E-state index in [-0.39, 0.29) is 6.61 Å². The van der Waals surface area contributed by atoms with Crippen molar-refractivity contribution in [3.05, 3.63) is 11.6 Å². The number of rotatable bonds is 3. The molecule has 0 aliphatic carbocycles. The third-order valence-electron chi connectivity index (χ3n) is 2.97. The average Bonchev–Trinajstić information content (AvgIpc) is 2.82. The maximum atomic E-state index is 9.81. The highest BCUT2D eigenvalue weighted by Gasteiger charge is 2.45. The number of nitrogens with zero attached hydrogens (tertiary/aromatic N) is 3. The van der Waals surface area contributed by atoms with Crippen molar-refractivity contribution in [2.75, 3.05) is 6.61 Å². The minimum Gasteiger partial charge on any atom is -0.394 e. The number of aromatic nitrogens is 3. The van der Waals surface area contributed by atoms with E-state index in [4.69, 9.17) is 9.84 Å². The first kappa shape index (κ1) is 12.4. The minimum atomic E-state index is -1.11. The van der Waals surface area contributed by atoms with E-state index in [1.54, 1.807) is 11.6 Å². The largest absolute Gasteiger partial charge is 0.394 e. The summed E-state index contributed by atoms with van der Waals surface area (Å²) in [5, 5.41) is 32.6. The second kappa shape index (κ2) is 4.69. The molecule has 96 valence electrons. The average molecular weight is 243 g/mol. The fourth-order valence-corrected chi connectivity index (χ4v) is 1.97. The number of aliphatic hydroxyl groups is 3. The van der Waals surface area contributed by atoms with Gasteiger partial charge < -0.3 is 20.1 Å². The zero-order valence-corrected chi connectivity index (χ0v) is 9.82. The second-order valence-electron chi connectivity index (χ2n) is 4.09. The van der Waals surface area contributed by atoms with E-state index in [2.05, 4.69) is 10.1 Å². The van der Waals surface area contributed by atoms with E-state index in [0.717, 1.165) is 5.82 Å². The normalized spacial score (nSPS) is 33.2. The Bertz CT molecular complexity index is 395. The van der Waals surface area contributed by atoms with Crippen LogP contribution in [0, 0.1) is 6.92 Å². The van der Waals surface area contributed by atoms with Crippen LogP contribution in [0.15, 0.2) is 0 Å². The molecule has 1 aromatic rings. The third kappa shape index (κ3) is 2.06. The van der Waals surface area contributed by atoms with Gasteiger partial charge in [0.1, 0.15) is 30.2 Å². The monoisotopic (exact) mass is 243 g/mol. The fourth-order valence-electron chi connectivity index (χ4n) is 1.97. The Balaban J connectivity index is 2.22. The molecule has 0 bridgehead atoms. The Morgan fingerprint density at radius 1 is 1.35 bits per heavy atom. The van der Waals surface area contributed by atoms with Crippen LogP contribution in [0.2, 0.25) is 0 Å². The molecule has 7 heteroatoms. The lowest BCUT2D eigenvalue weighted by Gasteiger charge is -2.10. The molecule has 2 heterocycles. The van der Waals surface area contributed by atoms with Gasteiger partial charge in [-0.1, -0.05) is 0 Å². The highest BCUT2D eigenvalue weighted by Crippen LogP contribution is 2.31. The van der Waals surface area contributed by atoms with E-state index >= 15 is 0 Å². The number of ether oxygens (including phenoxy) is 1. The molecular weight excluding hydrogens is 226 g/mol. The Labute approximate surface area is 98.7 Å². The predicted octanol–water partition coefficient (Wildman–Crippen LogP) is -1.24. The summed E-state index contributed by atoms with van der Waals surface area (Å²) in [6.45, 7) is 4.07. The summed E-state index contributed by atoms with van der Waals surface area (Å²) in [6, 6.07) is 0. The molecule has 0 radical (unpaired) electrons. The number of hydrogen-bond donors (Lipinski definition) is 3. The summed E-state index contributed by atoms with van der Waals surface area (Å²) < 4.78 is 7.03. The molecule has 1 saturated heterocycles. The lowest BCUT2D eigenvalue weighted by atomic mass is 10.1. The van der Waals surface area contributed by atoms with Crippen LogP contribution in [0.25, 0.3) is 0 Å². The lowest BCUT2D eigenvalue weighted by molar-refractivity contribution is -0.0253. The molecule has 1 aliphatic heterocycles. The second-order valence-corrected chi connectivity index (χ2v) is 4.09. The molecule has 1 aromatic heterocycles. The first-order valence-corrected chi connectivity index (χ1v) is 5.62. The predicted molar refractivity (Wildman–Crippen MR) is 57.1 cm³/mol. The van der Waals surface area contributed by atoms with Crippen LogP contribution in [-0.4, -0.2) is 55.0 Å². The van der Waals surface area contributed by atoms with E-state index in [1.165, 1.54) is 0 Å². The van der Waals surface area contributed by atoms with E-state index in [9.17, 15) is 10.2 Å². The van der Waals surface area contributed by atoms with Crippen LogP contribution in [0.5, 0.6) is 0 Å². The van der Waals surface area contributed by atoms with Crippen molar-refractivity contribution in [3.63, 3.8) is 0 Å². The summed E-state index contributed by atoms with van der Waals surface area (Å²) in [5.41, 5.74) is 0. The number of hydrogen-bond acceptors (Lipinski definition) is 6. The van der Waals surface area contributed by atoms with E-state index < -0.39 is 24.4 Å². The molecule has 1 aliphatic rings. The molecule has 7 nitrogen and oxygen atoms in total. The van der Waals surface area contributed by atoms with Crippen molar-refractivity contribution in [1.82, 2.24) is 14.8 Å². The molecule has 0 spiro atoms. The van der Waals surface area contributed by atoms with Crippen molar-refractivity contribution in [2.24, 2.45) is 0 Å². The van der Waals surface area contributed by atoms with Crippen molar-refractivity contribution in [3.8, 4) is 0 Å².